The average molecular weight is 184 g/mol. The Morgan fingerprint density at radius 3 is 1.00 bits per heavy atom. The molecule has 0 aromatic heterocycles. The normalized spacial score (nSPS) is 8.40. The molecule has 0 radical (unpaired) electrons. The van der Waals surface area contributed by atoms with E-state index in [-0.39, 0.29) is 23.1 Å². The maximum atomic E-state index is 8.56. The van der Waals surface area contributed by atoms with Crippen LogP contribution in [0.4, 0.5) is 4.79 Å². The lowest BCUT2D eigenvalue weighted by Crippen LogP contribution is -2.33. The summed E-state index contributed by atoms with van der Waals surface area (Å²) in [7, 11) is -4.61. The lowest BCUT2D eigenvalue weighted by molar-refractivity contribution is 0.117. The molecule has 0 aliphatic carbocycles. The van der Waals surface area contributed by atoms with Crippen molar-refractivity contribution < 1.29 is 34.2 Å². The first-order valence-electron chi connectivity index (χ1n) is 1.55. The van der Waals surface area contributed by atoms with E-state index in [2.05, 4.69) is 0 Å². The van der Waals surface area contributed by atoms with Crippen molar-refractivity contribution in [3.8, 4) is 0 Å². The van der Waals surface area contributed by atoms with Crippen LogP contribution in [0.2, 0.25) is 0 Å². The Bertz CT molecular complexity index is 76.1. The molecule has 6 N–H and O–H groups in total. The van der Waals surface area contributed by atoms with Gasteiger partial charge in [-0.15, -0.1) is 0 Å². The molecule has 60 valence electrons. The second-order valence-electron chi connectivity index (χ2n) is 0.883. The molecule has 0 saturated heterocycles. The van der Waals surface area contributed by atoms with Gasteiger partial charge >= 0.3 is 38.3 Å². The highest BCUT2D eigenvalue weighted by atomic mass is 28.4. The molecule has 0 atom stereocenters. The molecule has 0 aromatic carbocycles. The van der Waals surface area contributed by atoms with E-state index < -0.39 is 15.2 Å². The van der Waals surface area contributed by atoms with Gasteiger partial charge in [-0.1, -0.05) is 0 Å². The van der Waals surface area contributed by atoms with Crippen LogP contribution in [-0.4, -0.2) is 67.7 Å². The summed E-state index contributed by atoms with van der Waals surface area (Å²) in [6.45, 7) is 0. The molecule has 0 bridgehead atoms. The zero-order valence-electron chi connectivity index (χ0n) is 4.09. The van der Waals surface area contributed by atoms with E-state index in [0.717, 1.165) is 0 Å². The zero-order valence-corrected chi connectivity index (χ0v) is 5.09. The smallest absolute Gasteiger partial charge is 0.450 e. The Kier molecular flexibility index (Phi) is 11.9. The SMILES string of the molecule is O=C(O)O.O[Si](O)(O)O.[MgH2]. The van der Waals surface area contributed by atoms with Gasteiger partial charge in [0.2, 0.25) is 0 Å². The number of carboxylic acid groups (broad SMARTS) is 2. The number of hydrogen-bond acceptors (Lipinski definition) is 5. The van der Waals surface area contributed by atoms with Crippen molar-refractivity contribution in [3.63, 3.8) is 0 Å². The monoisotopic (exact) mass is 184 g/mol. The minimum absolute atomic E-state index is 0. The molecule has 0 amide bonds. The van der Waals surface area contributed by atoms with Gasteiger partial charge in [0.1, 0.15) is 0 Å². The van der Waals surface area contributed by atoms with Crippen molar-refractivity contribution in [1.29, 1.82) is 0 Å². The van der Waals surface area contributed by atoms with Gasteiger partial charge in [-0.2, -0.15) is 0 Å². The highest BCUT2D eigenvalue weighted by Crippen LogP contribution is 1.67. The summed E-state index contributed by atoms with van der Waals surface area (Å²) in [5, 5.41) is 13.9. The lowest BCUT2D eigenvalue weighted by Gasteiger charge is -1.91. The summed E-state index contributed by atoms with van der Waals surface area (Å²) < 4.78 is 0. The van der Waals surface area contributed by atoms with Crippen LogP contribution in [0.5, 0.6) is 0 Å². The van der Waals surface area contributed by atoms with Crippen LogP contribution >= 0.6 is 0 Å². The minimum atomic E-state index is -4.61. The fourth-order valence-electron chi connectivity index (χ4n) is 0. The molecule has 0 aliphatic rings. The molecule has 10 heavy (non-hydrogen) atoms. The second-order valence-corrected chi connectivity index (χ2v) is 2.08. The molecular weight excluding hydrogens is 176 g/mol. The van der Waals surface area contributed by atoms with Crippen LogP contribution < -0.4 is 0 Å². The third kappa shape index (κ3) is 47000. The summed E-state index contributed by atoms with van der Waals surface area (Å²) in [5.41, 5.74) is 0. The molecule has 0 aliphatic heterocycles. The van der Waals surface area contributed by atoms with Gasteiger partial charge in [-0.25, -0.2) is 4.79 Å². The van der Waals surface area contributed by atoms with Gasteiger partial charge in [-0.3, -0.25) is 0 Å². The van der Waals surface area contributed by atoms with Gasteiger partial charge in [0.15, 0.2) is 0 Å². The Labute approximate surface area is 72.8 Å². The summed E-state index contributed by atoms with van der Waals surface area (Å²) in [4.78, 5) is 37.9. The third-order valence-corrected chi connectivity index (χ3v) is 0. The Balaban J connectivity index is -0.0000000910. The van der Waals surface area contributed by atoms with Crippen LogP contribution in [-0.2, 0) is 0 Å². The van der Waals surface area contributed by atoms with Gasteiger partial charge in [0, 0.05) is 0 Å². The summed E-state index contributed by atoms with van der Waals surface area (Å²) in [6, 6.07) is 0. The predicted octanol–water partition coefficient (Wildman–Crippen LogP) is -3.30. The van der Waals surface area contributed by atoms with E-state index in [9.17, 15) is 0 Å². The van der Waals surface area contributed by atoms with E-state index in [1.165, 1.54) is 0 Å². The summed E-state index contributed by atoms with van der Waals surface area (Å²) in [6.07, 6.45) is -1.83. The lowest BCUT2D eigenvalue weighted by atomic mass is 11.5. The molecule has 0 aromatic rings. The Morgan fingerprint density at radius 2 is 1.00 bits per heavy atom. The second kappa shape index (κ2) is 7.20. The molecule has 0 saturated carbocycles. The minimum Gasteiger partial charge on any atom is -0.450 e. The quantitative estimate of drug-likeness (QED) is 0.217. The van der Waals surface area contributed by atoms with Crippen molar-refractivity contribution in [2.24, 2.45) is 0 Å². The molecule has 0 fully saturated rings. The molecule has 0 unspecified atom stereocenters. The fraction of sp³-hybridized carbons (Fsp3) is 0. The van der Waals surface area contributed by atoms with Crippen molar-refractivity contribution in [3.05, 3.63) is 0 Å². The zero-order chi connectivity index (χ0) is 8.08. The molecule has 0 heterocycles. The van der Waals surface area contributed by atoms with Crippen molar-refractivity contribution in [2.75, 3.05) is 0 Å². The van der Waals surface area contributed by atoms with E-state index in [0.29, 0.717) is 0 Å². The first-order valence-corrected chi connectivity index (χ1v) is 3.33. The molecule has 7 nitrogen and oxygen atoms in total. The van der Waals surface area contributed by atoms with E-state index in [1.807, 2.05) is 0 Å². The van der Waals surface area contributed by atoms with Crippen molar-refractivity contribution in [2.45, 2.75) is 0 Å². The molecule has 0 rings (SSSR count). The third-order valence-electron chi connectivity index (χ3n) is 0. The predicted molar refractivity (Wildman–Crippen MR) is 33.8 cm³/mol. The number of rotatable bonds is 0. The van der Waals surface area contributed by atoms with E-state index >= 15 is 0 Å². The average Bonchev–Trinajstić information content (AvgIpc) is 1.19. The highest BCUT2D eigenvalue weighted by Gasteiger charge is 2.22. The van der Waals surface area contributed by atoms with Crippen molar-refractivity contribution in [1.82, 2.24) is 0 Å². The molecule has 0 spiro atoms. The van der Waals surface area contributed by atoms with Crippen LogP contribution in [0.25, 0.3) is 0 Å². The Morgan fingerprint density at radius 1 is 1.00 bits per heavy atom. The standard InChI is InChI=1S/CH2O3.Mg.H4O4Si.2H/c2-1(3)4;;1-5(2,3)4;;/h(H2,2,3,4);;1-4H;;. The topological polar surface area (TPSA) is 138 Å². The van der Waals surface area contributed by atoms with Gasteiger partial charge in [-0.05, 0) is 0 Å². The number of hydrogen-bond donors (Lipinski definition) is 6. The van der Waals surface area contributed by atoms with Gasteiger partial charge < -0.3 is 29.4 Å². The maximum absolute atomic E-state index is 8.56. The van der Waals surface area contributed by atoms with Crippen molar-refractivity contribution >= 4 is 38.3 Å². The highest BCUT2D eigenvalue weighted by molar-refractivity contribution is 6.46. The van der Waals surface area contributed by atoms with Gasteiger partial charge in [0.05, 0.1) is 0 Å². The van der Waals surface area contributed by atoms with Crippen LogP contribution in [0.15, 0.2) is 0 Å². The van der Waals surface area contributed by atoms with Crippen LogP contribution in [0, 0.1) is 0 Å². The van der Waals surface area contributed by atoms with E-state index in [1.54, 1.807) is 0 Å². The molecule has 9 heteroatoms. The van der Waals surface area contributed by atoms with Crippen LogP contribution in [0.1, 0.15) is 0 Å². The molecular formula is CH8MgO7Si. The van der Waals surface area contributed by atoms with Gasteiger partial charge in [0.25, 0.3) is 0 Å². The van der Waals surface area contributed by atoms with Crippen LogP contribution in [0.3, 0.4) is 0 Å². The first kappa shape index (κ1) is 16.6. The Hall–Kier alpha value is 0.0931. The maximum Gasteiger partial charge on any atom is 0.668 e. The van der Waals surface area contributed by atoms with E-state index in [4.69, 9.17) is 34.2 Å². The summed E-state index contributed by atoms with van der Waals surface area (Å²) in [5.74, 6) is 0. The largest absolute Gasteiger partial charge is 0.668 e. The first-order chi connectivity index (χ1) is 3.73. The fourth-order valence-corrected chi connectivity index (χ4v) is 0. The number of carbonyl (C=O) groups is 1. The summed E-state index contributed by atoms with van der Waals surface area (Å²) >= 11 is 0.